The van der Waals surface area contributed by atoms with E-state index in [1.807, 2.05) is 6.92 Å². The summed E-state index contributed by atoms with van der Waals surface area (Å²) in [5, 5.41) is 8.83. The van der Waals surface area contributed by atoms with Gasteiger partial charge in [0.15, 0.2) is 0 Å². The lowest BCUT2D eigenvalue weighted by Gasteiger charge is -1.98. The molecule has 0 saturated carbocycles. The summed E-state index contributed by atoms with van der Waals surface area (Å²) in [4.78, 5) is 14.9. The number of aryl methyl sites for hydroxylation is 2. The fraction of sp³-hybridized carbons (Fsp3) is 0.500. The molecule has 0 atom stereocenters. The second kappa shape index (κ2) is 2.97. The van der Waals surface area contributed by atoms with Gasteiger partial charge in [0, 0.05) is 7.05 Å². The summed E-state index contributed by atoms with van der Waals surface area (Å²) in [7, 11) is 1.71. The van der Waals surface area contributed by atoms with Crippen molar-refractivity contribution in [3.8, 4) is 0 Å². The van der Waals surface area contributed by atoms with E-state index in [2.05, 4.69) is 4.98 Å². The minimum Gasteiger partial charge on any atom is -0.477 e. The highest BCUT2D eigenvalue weighted by molar-refractivity contribution is 5.87. The van der Waals surface area contributed by atoms with Gasteiger partial charge in [-0.05, 0) is 13.3 Å². The molecule has 1 heterocycles. The summed E-state index contributed by atoms with van der Waals surface area (Å²) in [6.45, 7) is 3.69. The van der Waals surface area contributed by atoms with Crippen molar-refractivity contribution >= 4 is 5.97 Å². The molecule has 1 aromatic heterocycles. The molecular formula is C8H12N2O2. The summed E-state index contributed by atoms with van der Waals surface area (Å²) >= 11 is 0. The molecule has 1 aromatic rings. The van der Waals surface area contributed by atoms with Crippen LogP contribution in [0.4, 0.5) is 0 Å². The lowest BCUT2D eigenvalue weighted by molar-refractivity contribution is 0.0685. The molecule has 12 heavy (non-hydrogen) atoms. The van der Waals surface area contributed by atoms with Crippen molar-refractivity contribution < 1.29 is 9.90 Å². The highest BCUT2D eigenvalue weighted by Crippen LogP contribution is 2.10. The minimum atomic E-state index is -0.907. The van der Waals surface area contributed by atoms with Gasteiger partial charge in [-0.1, -0.05) is 6.92 Å². The average molecular weight is 168 g/mol. The van der Waals surface area contributed by atoms with Gasteiger partial charge in [-0.25, -0.2) is 9.78 Å². The fourth-order valence-corrected chi connectivity index (χ4v) is 1.19. The van der Waals surface area contributed by atoms with Gasteiger partial charge in [0.05, 0.1) is 5.69 Å². The highest BCUT2D eigenvalue weighted by Gasteiger charge is 2.16. The Morgan fingerprint density at radius 1 is 1.67 bits per heavy atom. The standard InChI is InChI=1S/C8H12N2O2/c1-4-6-7(8(11)12)10(3)5(2)9-6/h4H2,1-3H3,(H,11,12). The maximum absolute atomic E-state index is 10.8. The van der Waals surface area contributed by atoms with Crippen LogP contribution < -0.4 is 0 Å². The number of carboxylic acids is 1. The van der Waals surface area contributed by atoms with Crippen molar-refractivity contribution in [2.75, 3.05) is 0 Å². The van der Waals surface area contributed by atoms with Gasteiger partial charge in [0.1, 0.15) is 11.5 Å². The number of carboxylic acid groups (broad SMARTS) is 1. The maximum Gasteiger partial charge on any atom is 0.354 e. The minimum absolute atomic E-state index is 0.301. The molecule has 0 amide bonds. The van der Waals surface area contributed by atoms with Crippen LogP contribution in [0.5, 0.6) is 0 Å². The van der Waals surface area contributed by atoms with E-state index < -0.39 is 5.97 Å². The van der Waals surface area contributed by atoms with E-state index in [1.165, 1.54) is 0 Å². The first-order chi connectivity index (χ1) is 5.57. The average Bonchev–Trinajstić information content (AvgIpc) is 2.28. The Bertz CT molecular complexity index is 315. The van der Waals surface area contributed by atoms with E-state index in [9.17, 15) is 4.79 Å². The summed E-state index contributed by atoms with van der Waals surface area (Å²) in [6.07, 6.45) is 0.656. The lowest BCUT2D eigenvalue weighted by atomic mass is 10.2. The number of imidazole rings is 1. The molecule has 0 radical (unpaired) electrons. The van der Waals surface area contributed by atoms with Gasteiger partial charge in [-0.15, -0.1) is 0 Å². The predicted octanol–water partition coefficient (Wildman–Crippen LogP) is 0.989. The summed E-state index contributed by atoms with van der Waals surface area (Å²) in [5.41, 5.74) is 0.956. The second-order valence-corrected chi connectivity index (χ2v) is 2.67. The van der Waals surface area contributed by atoms with Crippen molar-refractivity contribution in [3.05, 3.63) is 17.2 Å². The monoisotopic (exact) mass is 168 g/mol. The molecule has 0 aliphatic rings. The first-order valence-corrected chi connectivity index (χ1v) is 3.83. The summed E-state index contributed by atoms with van der Waals surface area (Å²) in [6, 6.07) is 0. The molecule has 0 aliphatic heterocycles. The van der Waals surface area contributed by atoms with Gasteiger partial charge in [0.2, 0.25) is 0 Å². The van der Waals surface area contributed by atoms with Gasteiger partial charge >= 0.3 is 5.97 Å². The summed E-state index contributed by atoms with van der Waals surface area (Å²) < 4.78 is 1.60. The van der Waals surface area contributed by atoms with E-state index >= 15 is 0 Å². The van der Waals surface area contributed by atoms with Gasteiger partial charge in [-0.3, -0.25) is 0 Å². The van der Waals surface area contributed by atoms with Crippen LogP contribution in [0.2, 0.25) is 0 Å². The molecule has 4 nitrogen and oxygen atoms in total. The van der Waals surface area contributed by atoms with Crippen molar-refractivity contribution in [1.82, 2.24) is 9.55 Å². The van der Waals surface area contributed by atoms with Gasteiger partial charge in [0.25, 0.3) is 0 Å². The van der Waals surface area contributed by atoms with Crippen LogP contribution >= 0.6 is 0 Å². The van der Waals surface area contributed by atoms with E-state index in [1.54, 1.807) is 18.5 Å². The fourth-order valence-electron chi connectivity index (χ4n) is 1.19. The Morgan fingerprint density at radius 2 is 2.25 bits per heavy atom. The smallest absolute Gasteiger partial charge is 0.354 e. The molecule has 0 bridgehead atoms. The zero-order valence-electron chi connectivity index (χ0n) is 7.46. The topological polar surface area (TPSA) is 55.1 Å². The first kappa shape index (κ1) is 8.77. The predicted molar refractivity (Wildman–Crippen MR) is 44.3 cm³/mol. The zero-order valence-corrected chi connectivity index (χ0v) is 7.46. The van der Waals surface area contributed by atoms with Crippen LogP contribution in [-0.4, -0.2) is 20.6 Å². The molecule has 1 rings (SSSR count). The van der Waals surface area contributed by atoms with E-state index in [-0.39, 0.29) is 0 Å². The molecule has 0 fully saturated rings. The molecule has 66 valence electrons. The number of hydrogen-bond acceptors (Lipinski definition) is 2. The zero-order chi connectivity index (χ0) is 9.30. The molecule has 0 spiro atoms. The molecule has 0 saturated heterocycles. The van der Waals surface area contributed by atoms with E-state index in [0.717, 1.165) is 5.82 Å². The first-order valence-electron chi connectivity index (χ1n) is 3.83. The molecule has 0 unspecified atom stereocenters. The van der Waals surface area contributed by atoms with Crippen LogP contribution in [-0.2, 0) is 13.5 Å². The third-order valence-electron chi connectivity index (χ3n) is 1.93. The Balaban J connectivity index is 3.31. The van der Waals surface area contributed by atoms with Crippen LogP contribution in [0.25, 0.3) is 0 Å². The summed E-state index contributed by atoms with van der Waals surface area (Å²) in [5.74, 6) is -0.167. The number of carbonyl (C=O) groups is 1. The highest BCUT2D eigenvalue weighted by atomic mass is 16.4. The number of rotatable bonds is 2. The molecule has 4 heteroatoms. The maximum atomic E-state index is 10.8. The Morgan fingerprint density at radius 3 is 2.58 bits per heavy atom. The van der Waals surface area contributed by atoms with Crippen LogP contribution in [0.3, 0.4) is 0 Å². The number of hydrogen-bond donors (Lipinski definition) is 1. The van der Waals surface area contributed by atoms with Crippen molar-refractivity contribution in [2.24, 2.45) is 7.05 Å². The van der Waals surface area contributed by atoms with Crippen molar-refractivity contribution in [1.29, 1.82) is 0 Å². The second-order valence-electron chi connectivity index (χ2n) is 2.67. The molecular weight excluding hydrogens is 156 g/mol. The quantitative estimate of drug-likeness (QED) is 0.716. The third-order valence-corrected chi connectivity index (χ3v) is 1.93. The van der Waals surface area contributed by atoms with Gasteiger partial charge < -0.3 is 9.67 Å². The SMILES string of the molecule is CCc1nc(C)n(C)c1C(=O)O. The molecule has 1 N–H and O–H groups in total. The Kier molecular flexibility index (Phi) is 2.17. The number of nitrogens with zero attached hydrogens (tertiary/aromatic N) is 2. The van der Waals surface area contributed by atoms with Crippen LogP contribution in [0, 0.1) is 6.92 Å². The van der Waals surface area contributed by atoms with Crippen LogP contribution in [0.15, 0.2) is 0 Å². The third kappa shape index (κ3) is 1.20. The number of aromatic carboxylic acids is 1. The van der Waals surface area contributed by atoms with E-state index in [4.69, 9.17) is 5.11 Å². The Hall–Kier alpha value is -1.32. The number of aromatic nitrogens is 2. The van der Waals surface area contributed by atoms with Gasteiger partial charge in [-0.2, -0.15) is 0 Å². The molecule has 0 aliphatic carbocycles. The van der Waals surface area contributed by atoms with Crippen molar-refractivity contribution in [3.63, 3.8) is 0 Å². The lowest BCUT2D eigenvalue weighted by Crippen LogP contribution is -2.07. The largest absolute Gasteiger partial charge is 0.477 e. The van der Waals surface area contributed by atoms with Crippen LogP contribution in [0.1, 0.15) is 28.9 Å². The Labute approximate surface area is 70.9 Å². The van der Waals surface area contributed by atoms with E-state index in [0.29, 0.717) is 17.8 Å². The van der Waals surface area contributed by atoms with Crippen molar-refractivity contribution in [2.45, 2.75) is 20.3 Å². The molecule has 0 aromatic carbocycles. The normalized spacial score (nSPS) is 10.2.